The van der Waals surface area contributed by atoms with Crippen LogP contribution in [0.5, 0.6) is 5.75 Å². The molecular weight excluding hydrogens is 430 g/mol. The highest BCUT2D eigenvalue weighted by Crippen LogP contribution is 2.20. The van der Waals surface area contributed by atoms with Crippen LogP contribution in [0.2, 0.25) is 0 Å². The summed E-state index contributed by atoms with van der Waals surface area (Å²) in [6.07, 6.45) is 0. The third-order valence-corrected chi connectivity index (χ3v) is 4.59. The Balaban J connectivity index is 1.60. The Morgan fingerprint density at radius 1 is 0.970 bits per heavy atom. The SMILES string of the molecule is COc1ccc(NC(=O)Nc2ccc(-c3noc(C(=O)N[C@H](C(=O)O)C(C)C)n3)cc2)cc1. The summed E-state index contributed by atoms with van der Waals surface area (Å²) >= 11 is 0. The van der Waals surface area contributed by atoms with E-state index >= 15 is 0 Å². The van der Waals surface area contributed by atoms with Crippen molar-refractivity contribution in [1.82, 2.24) is 15.5 Å². The molecule has 3 amide bonds. The van der Waals surface area contributed by atoms with Crippen molar-refractivity contribution in [3.05, 3.63) is 54.4 Å². The summed E-state index contributed by atoms with van der Waals surface area (Å²) in [4.78, 5) is 39.7. The third kappa shape index (κ3) is 6.06. The van der Waals surface area contributed by atoms with E-state index in [1.54, 1.807) is 69.5 Å². The number of amides is 3. The van der Waals surface area contributed by atoms with E-state index in [9.17, 15) is 19.5 Å². The summed E-state index contributed by atoms with van der Waals surface area (Å²) in [5.74, 6) is -1.78. The lowest BCUT2D eigenvalue weighted by Crippen LogP contribution is -2.44. The molecule has 1 heterocycles. The van der Waals surface area contributed by atoms with Crippen molar-refractivity contribution in [2.24, 2.45) is 5.92 Å². The van der Waals surface area contributed by atoms with Crippen LogP contribution in [0.25, 0.3) is 11.4 Å². The summed E-state index contributed by atoms with van der Waals surface area (Å²) in [6.45, 7) is 3.34. The maximum Gasteiger partial charge on any atom is 0.326 e. The first-order chi connectivity index (χ1) is 15.8. The zero-order chi connectivity index (χ0) is 24.0. The summed E-state index contributed by atoms with van der Waals surface area (Å²) in [5.41, 5.74) is 1.66. The number of rotatable bonds is 8. The number of carboxylic acids is 1. The molecule has 0 saturated heterocycles. The molecule has 0 aliphatic rings. The minimum Gasteiger partial charge on any atom is -0.497 e. The van der Waals surface area contributed by atoms with Crippen LogP contribution < -0.4 is 20.7 Å². The Morgan fingerprint density at radius 3 is 2.06 bits per heavy atom. The van der Waals surface area contributed by atoms with Crippen LogP contribution in [0.1, 0.15) is 24.5 Å². The van der Waals surface area contributed by atoms with Gasteiger partial charge in [0.25, 0.3) is 0 Å². The summed E-state index contributed by atoms with van der Waals surface area (Å²) < 4.78 is 10.0. The normalized spacial score (nSPS) is 11.5. The largest absolute Gasteiger partial charge is 0.497 e. The van der Waals surface area contributed by atoms with Crippen molar-refractivity contribution in [3.8, 4) is 17.1 Å². The topological polar surface area (TPSA) is 156 Å². The molecule has 3 aromatic rings. The first-order valence-electron chi connectivity index (χ1n) is 9.96. The number of benzene rings is 2. The van der Waals surface area contributed by atoms with Gasteiger partial charge >= 0.3 is 23.8 Å². The Hall–Kier alpha value is -4.41. The Labute approximate surface area is 189 Å². The van der Waals surface area contributed by atoms with E-state index in [0.29, 0.717) is 22.7 Å². The highest BCUT2D eigenvalue weighted by Gasteiger charge is 2.26. The van der Waals surface area contributed by atoms with Gasteiger partial charge in [0.2, 0.25) is 5.82 Å². The number of carboxylic acid groups (broad SMARTS) is 1. The monoisotopic (exact) mass is 453 g/mol. The van der Waals surface area contributed by atoms with Gasteiger partial charge in [-0.15, -0.1) is 0 Å². The zero-order valence-electron chi connectivity index (χ0n) is 18.2. The molecule has 33 heavy (non-hydrogen) atoms. The van der Waals surface area contributed by atoms with E-state index in [4.69, 9.17) is 9.26 Å². The van der Waals surface area contributed by atoms with Gasteiger partial charge in [0.05, 0.1) is 7.11 Å². The molecule has 0 saturated carbocycles. The Bertz CT molecular complexity index is 1120. The molecule has 0 aliphatic carbocycles. The van der Waals surface area contributed by atoms with Crippen molar-refractivity contribution in [2.75, 3.05) is 17.7 Å². The van der Waals surface area contributed by atoms with Crippen LogP contribution >= 0.6 is 0 Å². The van der Waals surface area contributed by atoms with Crippen molar-refractivity contribution in [1.29, 1.82) is 0 Å². The molecule has 0 fully saturated rings. The lowest BCUT2D eigenvalue weighted by Gasteiger charge is -2.16. The number of aromatic nitrogens is 2. The van der Waals surface area contributed by atoms with Crippen LogP contribution in [0, 0.1) is 5.92 Å². The lowest BCUT2D eigenvalue weighted by molar-refractivity contribution is -0.140. The van der Waals surface area contributed by atoms with Gasteiger partial charge in [-0.1, -0.05) is 19.0 Å². The van der Waals surface area contributed by atoms with E-state index in [-0.39, 0.29) is 17.6 Å². The predicted octanol–water partition coefficient (Wildman–Crippen LogP) is 3.23. The predicted molar refractivity (Wildman–Crippen MR) is 119 cm³/mol. The molecule has 11 heteroatoms. The van der Waals surface area contributed by atoms with E-state index in [2.05, 4.69) is 26.1 Å². The van der Waals surface area contributed by atoms with Crippen LogP contribution in [-0.4, -0.2) is 46.3 Å². The number of hydrogen-bond acceptors (Lipinski definition) is 7. The smallest absolute Gasteiger partial charge is 0.326 e. The van der Waals surface area contributed by atoms with Crippen LogP contribution in [0.4, 0.5) is 16.2 Å². The van der Waals surface area contributed by atoms with Crippen molar-refractivity contribution in [2.45, 2.75) is 19.9 Å². The third-order valence-electron chi connectivity index (χ3n) is 4.59. The number of hydrogen-bond donors (Lipinski definition) is 4. The van der Waals surface area contributed by atoms with E-state index in [1.165, 1.54) is 0 Å². The fourth-order valence-corrected chi connectivity index (χ4v) is 2.82. The fraction of sp³-hybridized carbons (Fsp3) is 0.227. The molecule has 3 rings (SSSR count). The molecule has 1 aromatic heterocycles. The zero-order valence-corrected chi connectivity index (χ0v) is 18.2. The van der Waals surface area contributed by atoms with Crippen molar-refractivity contribution in [3.63, 3.8) is 0 Å². The number of anilines is 2. The molecule has 4 N–H and O–H groups in total. The highest BCUT2D eigenvalue weighted by atomic mass is 16.5. The number of carbonyl (C=O) groups excluding carboxylic acids is 2. The second-order valence-electron chi connectivity index (χ2n) is 7.34. The minimum absolute atomic E-state index is 0.144. The van der Waals surface area contributed by atoms with Gasteiger partial charge in [-0.2, -0.15) is 4.98 Å². The number of methoxy groups -OCH3 is 1. The molecule has 0 radical (unpaired) electrons. The summed E-state index contributed by atoms with van der Waals surface area (Å²) in [7, 11) is 1.56. The average Bonchev–Trinajstić information content (AvgIpc) is 3.28. The van der Waals surface area contributed by atoms with Gasteiger partial charge in [-0.05, 0) is 54.4 Å². The molecule has 0 bridgehead atoms. The van der Waals surface area contributed by atoms with Gasteiger partial charge in [0.15, 0.2) is 0 Å². The fourth-order valence-electron chi connectivity index (χ4n) is 2.82. The second-order valence-corrected chi connectivity index (χ2v) is 7.34. The van der Waals surface area contributed by atoms with Crippen LogP contribution in [0.3, 0.4) is 0 Å². The molecule has 0 spiro atoms. The lowest BCUT2D eigenvalue weighted by atomic mass is 10.1. The number of carbonyl (C=O) groups is 3. The number of nitrogens with zero attached hydrogens (tertiary/aromatic N) is 2. The molecule has 0 aliphatic heterocycles. The van der Waals surface area contributed by atoms with Gasteiger partial charge in [0.1, 0.15) is 11.8 Å². The second kappa shape index (κ2) is 10.3. The maximum atomic E-state index is 12.2. The van der Waals surface area contributed by atoms with Gasteiger partial charge in [-0.3, -0.25) is 4.79 Å². The number of urea groups is 1. The van der Waals surface area contributed by atoms with Crippen LogP contribution in [0.15, 0.2) is 53.1 Å². The molecule has 11 nitrogen and oxygen atoms in total. The first kappa shape index (κ1) is 23.3. The average molecular weight is 453 g/mol. The maximum absolute atomic E-state index is 12.2. The standard InChI is InChI=1S/C22H23N5O6/c1-12(2)17(21(29)30)25-19(28)20-26-18(27-33-20)13-4-6-14(7-5-13)23-22(31)24-15-8-10-16(32-3)11-9-15/h4-12,17H,1-3H3,(H,25,28)(H,29,30)(H2,23,24,31)/t17-/m0/s1. The molecule has 2 aromatic carbocycles. The molecule has 172 valence electrons. The van der Waals surface area contributed by atoms with Gasteiger partial charge in [-0.25, -0.2) is 9.59 Å². The summed E-state index contributed by atoms with van der Waals surface area (Å²) in [6, 6.07) is 11.9. The number of nitrogens with one attached hydrogen (secondary N) is 3. The molecular formula is C22H23N5O6. The number of ether oxygens (including phenoxy) is 1. The van der Waals surface area contributed by atoms with E-state index < -0.39 is 23.9 Å². The van der Waals surface area contributed by atoms with Crippen LogP contribution in [-0.2, 0) is 4.79 Å². The molecule has 1 atom stereocenters. The first-order valence-corrected chi connectivity index (χ1v) is 9.96. The Kier molecular flexibility index (Phi) is 7.24. The van der Waals surface area contributed by atoms with Crippen molar-refractivity contribution >= 4 is 29.3 Å². The van der Waals surface area contributed by atoms with E-state index in [1.807, 2.05) is 0 Å². The quantitative estimate of drug-likeness (QED) is 0.405. The van der Waals surface area contributed by atoms with Crippen molar-refractivity contribution < 1.29 is 28.8 Å². The minimum atomic E-state index is -1.16. The Morgan fingerprint density at radius 2 is 1.55 bits per heavy atom. The van der Waals surface area contributed by atoms with Gasteiger partial charge < -0.3 is 30.3 Å². The highest BCUT2D eigenvalue weighted by molar-refractivity contribution is 5.99. The van der Waals surface area contributed by atoms with Gasteiger partial charge in [0, 0.05) is 16.9 Å². The molecule has 0 unspecified atom stereocenters. The number of aliphatic carboxylic acids is 1. The van der Waals surface area contributed by atoms with E-state index in [0.717, 1.165) is 0 Å². The summed E-state index contributed by atoms with van der Waals surface area (Å²) in [5, 5.41) is 20.7.